The Hall–Kier alpha value is -1.94. The molecule has 1 amide bonds. The van der Waals surface area contributed by atoms with Crippen LogP contribution >= 0.6 is 11.5 Å². The summed E-state index contributed by atoms with van der Waals surface area (Å²) in [7, 11) is 0. The van der Waals surface area contributed by atoms with Crippen LogP contribution in [0.3, 0.4) is 0 Å². The Balaban J connectivity index is 1.46. The Morgan fingerprint density at radius 2 is 2.08 bits per heavy atom. The van der Waals surface area contributed by atoms with Gasteiger partial charge in [0.25, 0.3) is 0 Å². The number of hydrogen-bond acceptors (Lipinski definition) is 8. The molecule has 2 unspecified atom stereocenters. The number of carbonyl (C=O) groups is 2. The molecule has 3 rings (SSSR count). The van der Waals surface area contributed by atoms with Gasteiger partial charge in [0, 0.05) is 44.1 Å². The van der Waals surface area contributed by atoms with Crippen LogP contribution in [0.25, 0.3) is 0 Å². The van der Waals surface area contributed by atoms with Gasteiger partial charge < -0.3 is 25.4 Å². The van der Waals surface area contributed by atoms with Gasteiger partial charge in [-0.05, 0) is 12.8 Å². The van der Waals surface area contributed by atoms with Gasteiger partial charge in [0.2, 0.25) is 17.0 Å². The van der Waals surface area contributed by atoms with Gasteiger partial charge >= 0.3 is 5.97 Å². The highest BCUT2D eigenvalue weighted by molar-refractivity contribution is 7.09. The normalized spacial score (nSPS) is 24.3. The van der Waals surface area contributed by atoms with Gasteiger partial charge in [-0.25, -0.2) is 0 Å². The molecule has 0 saturated carbocycles. The molecular formula is C14H21N5O4S. The molecule has 2 aliphatic heterocycles. The Labute approximate surface area is 143 Å². The van der Waals surface area contributed by atoms with E-state index in [1.54, 1.807) is 0 Å². The van der Waals surface area contributed by atoms with Crippen LogP contribution in [0.1, 0.15) is 19.3 Å². The molecule has 132 valence electrons. The second kappa shape index (κ2) is 7.31. The first kappa shape index (κ1) is 16.9. The third-order valence-electron chi connectivity index (χ3n) is 4.40. The molecule has 10 heteroatoms. The van der Waals surface area contributed by atoms with E-state index in [1.807, 2.05) is 4.90 Å². The predicted octanol–water partition coefficient (Wildman–Crippen LogP) is 0.0388. The van der Waals surface area contributed by atoms with Crippen molar-refractivity contribution in [2.75, 3.05) is 43.4 Å². The van der Waals surface area contributed by atoms with E-state index >= 15 is 0 Å². The first-order valence-electron chi connectivity index (χ1n) is 7.99. The fourth-order valence-corrected chi connectivity index (χ4v) is 3.74. The van der Waals surface area contributed by atoms with Gasteiger partial charge in [0.15, 0.2) is 0 Å². The van der Waals surface area contributed by atoms with E-state index < -0.39 is 5.97 Å². The number of piperazine rings is 1. The predicted molar refractivity (Wildman–Crippen MR) is 87.8 cm³/mol. The monoisotopic (exact) mass is 355 g/mol. The number of nitrogen functional groups attached to an aromatic ring is 1. The highest BCUT2D eigenvalue weighted by Gasteiger charge is 2.34. The summed E-state index contributed by atoms with van der Waals surface area (Å²) < 4.78 is 9.54. The molecule has 1 aromatic rings. The minimum atomic E-state index is -0.832. The summed E-state index contributed by atoms with van der Waals surface area (Å²) in [6, 6.07) is 0. The van der Waals surface area contributed by atoms with E-state index in [0.29, 0.717) is 45.6 Å². The number of carboxylic acid groups (broad SMARTS) is 1. The number of anilines is 2. The average Bonchev–Trinajstić information content (AvgIpc) is 3.21. The highest BCUT2D eigenvalue weighted by Crippen LogP contribution is 2.26. The number of ether oxygens (including phenoxy) is 1. The van der Waals surface area contributed by atoms with Gasteiger partial charge in [-0.1, -0.05) is 0 Å². The number of hydrogen-bond donors (Lipinski definition) is 2. The average molecular weight is 355 g/mol. The molecule has 2 fully saturated rings. The van der Waals surface area contributed by atoms with Crippen molar-refractivity contribution in [2.45, 2.75) is 25.4 Å². The van der Waals surface area contributed by atoms with Crippen molar-refractivity contribution in [3.63, 3.8) is 0 Å². The standard InChI is InChI=1S/C14H21N5O4S/c15-13-16-14(24-17-13)19-5-3-18(4-6-19)12(22)9-7-10(23-8-9)1-2-11(20)21/h9-10H,1-8H2,(H2,15,17)(H,20,21). The van der Waals surface area contributed by atoms with E-state index in [9.17, 15) is 9.59 Å². The number of aromatic nitrogens is 2. The Morgan fingerprint density at radius 1 is 1.33 bits per heavy atom. The minimum absolute atomic E-state index is 0.0786. The van der Waals surface area contributed by atoms with Gasteiger partial charge in [0.1, 0.15) is 0 Å². The van der Waals surface area contributed by atoms with Crippen LogP contribution in [0.2, 0.25) is 0 Å². The van der Waals surface area contributed by atoms with Crippen molar-refractivity contribution in [3.8, 4) is 0 Å². The number of nitrogens with zero attached hydrogens (tertiary/aromatic N) is 4. The minimum Gasteiger partial charge on any atom is -0.481 e. The zero-order chi connectivity index (χ0) is 17.1. The van der Waals surface area contributed by atoms with Crippen molar-refractivity contribution < 1.29 is 19.4 Å². The molecule has 2 saturated heterocycles. The van der Waals surface area contributed by atoms with E-state index in [4.69, 9.17) is 15.6 Å². The number of aliphatic carboxylic acids is 1. The summed E-state index contributed by atoms with van der Waals surface area (Å²) in [6.45, 7) is 3.06. The van der Waals surface area contributed by atoms with Gasteiger partial charge in [-0.15, -0.1) is 0 Å². The molecule has 2 aliphatic rings. The maximum atomic E-state index is 12.6. The summed E-state index contributed by atoms with van der Waals surface area (Å²) in [5, 5.41) is 9.51. The van der Waals surface area contributed by atoms with Crippen LogP contribution < -0.4 is 10.6 Å². The molecule has 9 nitrogen and oxygen atoms in total. The maximum absolute atomic E-state index is 12.6. The third kappa shape index (κ3) is 3.93. The van der Waals surface area contributed by atoms with E-state index in [2.05, 4.69) is 14.3 Å². The van der Waals surface area contributed by atoms with Crippen molar-refractivity contribution >= 4 is 34.5 Å². The van der Waals surface area contributed by atoms with Crippen LogP contribution in [-0.2, 0) is 14.3 Å². The zero-order valence-corrected chi connectivity index (χ0v) is 14.1. The van der Waals surface area contributed by atoms with Crippen LogP contribution in [0.15, 0.2) is 0 Å². The summed E-state index contributed by atoms with van der Waals surface area (Å²) in [5.41, 5.74) is 5.55. The summed E-state index contributed by atoms with van der Waals surface area (Å²) in [5.74, 6) is -0.609. The molecule has 0 spiro atoms. The van der Waals surface area contributed by atoms with E-state index in [1.165, 1.54) is 11.5 Å². The van der Waals surface area contributed by atoms with Gasteiger partial charge in [-0.2, -0.15) is 9.36 Å². The number of rotatable bonds is 5. The number of amides is 1. The lowest BCUT2D eigenvalue weighted by Gasteiger charge is -2.35. The van der Waals surface area contributed by atoms with E-state index in [0.717, 1.165) is 5.13 Å². The quantitative estimate of drug-likeness (QED) is 0.759. The summed E-state index contributed by atoms with van der Waals surface area (Å²) in [4.78, 5) is 31.3. The molecule has 2 atom stereocenters. The molecule has 0 aromatic carbocycles. The second-order valence-corrected chi connectivity index (χ2v) is 6.80. The molecule has 0 bridgehead atoms. The number of nitrogens with two attached hydrogens (primary N) is 1. The van der Waals surface area contributed by atoms with E-state index in [-0.39, 0.29) is 30.3 Å². The second-order valence-electron chi connectivity index (χ2n) is 6.07. The van der Waals surface area contributed by atoms with Crippen molar-refractivity contribution in [1.29, 1.82) is 0 Å². The van der Waals surface area contributed by atoms with Crippen LogP contribution in [0.5, 0.6) is 0 Å². The van der Waals surface area contributed by atoms with Crippen LogP contribution in [-0.4, -0.2) is 70.1 Å². The largest absolute Gasteiger partial charge is 0.481 e. The van der Waals surface area contributed by atoms with Gasteiger partial charge in [0.05, 0.1) is 18.6 Å². The lowest BCUT2D eigenvalue weighted by molar-refractivity contribution is -0.138. The molecule has 24 heavy (non-hydrogen) atoms. The molecule has 3 heterocycles. The molecular weight excluding hydrogens is 334 g/mol. The van der Waals surface area contributed by atoms with Crippen molar-refractivity contribution in [3.05, 3.63) is 0 Å². The Morgan fingerprint density at radius 3 is 2.71 bits per heavy atom. The molecule has 3 N–H and O–H groups in total. The lowest BCUT2D eigenvalue weighted by atomic mass is 10.0. The molecule has 0 aliphatic carbocycles. The van der Waals surface area contributed by atoms with Crippen molar-refractivity contribution in [1.82, 2.24) is 14.3 Å². The Bertz CT molecular complexity index is 602. The summed E-state index contributed by atoms with van der Waals surface area (Å²) in [6.07, 6.45) is 1.03. The summed E-state index contributed by atoms with van der Waals surface area (Å²) >= 11 is 1.27. The molecule has 1 aromatic heterocycles. The van der Waals surface area contributed by atoms with Crippen LogP contribution in [0.4, 0.5) is 11.1 Å². The smallest absolute Gasteiger partial charge is 0.303 e. The fourth-order valence-electron chi connectivity index (χ4n) is 3.09. The highest BCUT2D eigenvalue weighted by atomic mass is 32.1. The van der Waals surface area contributed by atoms with Crippen LogP contribution in [0, 0.1) is 5.92 Å². The number of carboxylic acids is 1. The Kier molecular flexibility index (Phi) is 5.14. The maximum Gasteiger partial charge on any atom is 0.303 e. The molecule has 0 radical (unpaired) electrons. The topological polar surface area (TPSA) is 122 Å². The van der Waals surface area contributed by atoms with Crippen molar-refractivity contribution in [2.24, 2.45) is 5.92 Å². The lowest BCUT2D eigenvalue weighted by Crippen LogP contribution is -2.50. The zero-order valence-electron chi connectivity index (χ0n) is 13.3. The SMILES string of the molecule is Nc1nsc(N2CCN(C(=O)C3COC(CCC(=O)O)C3)CC2)n1. The van der Waals surface area contributed by atoms with Gasteiger partial charge in [-0.3, -0.25) is 9.59 Å². The first-order chi connectivity index (χ1) is 11.5. The third-order valence-corrected chi connectivity index (χ3v) is 5.19. The number of carbonyl (C=O) groups excluding carboxylic acids is 1. The first-order valence-corrected chi connectivity index (χ1v) is 8.76. The fraction of sp³-hybridized carbons (Fsp3) is 0.714.